The van der Waals surface area contributed by atoms with Crippen molar-refractivity contribution < 1.29 is 4.79 Å². The first-order chi connectivity index (χ1) is 9.79. The first-order valence-corrected chi connectivity index (χ1v) is 8.07. The number of likely N-dealkylation sites (tertiary alicyclic amines) is 1. The van der Waals surface area contributed by atoms with Gasteiger partial charge in [0.25, 0.3) is 5.91 Å². The van der Waals surface area contributed by atoms with Gasteiger partial charge in [0, 0.05) is 28.6 Å². The zero-order chi connectivity index (χ0) is 13.9. The molecule has 21 heavy (non-hydrogen) atoms. The third-order valence-electron chi connectivity index (χ3n) is 4.01. The van der Waals surface area contributed by atoms with Crippen molar-refractivity contribution in [2.75, 3.05) is 26.7 Å². The van der Waals surface area contributed by atoms with E-state index in [4.69, 9.17) is 0 Å². The van der Waals surface area contributed by atoms with Crippen molar-refractivity contribution in [2.24, 2.45) is 5.92 Å². The van der Waals surface area contributed by atoms with Crippen LogP contribution >= 0.6 is 23.7 Å². The average molecular weight is 325 g/mol. The molecule has 2 heterocycles. The largest absolute Gasteiger partial charge is 0.338 e. The summed E-state index contributed by atoms with van der Waals surface area (Å²) in [5, 5.41) is 6.33. The highest BCUT2D eigenvalue weighted by molar-refractivity contribution is 7.17. The van der Waals surface area contributed by atoms with E-state index in [0.717, 1.165) is 37.0 Å². The molecule has 0 spiro atoms. The number of amides is 1. The second kappa shape index (κ2) is 7.25. The average Bonchev–Trinajstić information content (AvgIpc) is 2.91. The van der Waals surface area contributed by atoms with Crippen LogP contribution in [0.4, 0.5) is 0 Å². The van der Waals surface area contributed by atoms with Gasteiger partial charge in [0.1, 0.15) is 0 Å². The number of thiophene rings is 1. The van der Waals surface area contributed by atoms with Gasteiger partial charge in [-0.2, -0.15) is 0 Å². The predicted octanol–water partition coefficient (Wildman–Crippen LogP) is 3.39. The van der Waals surface area contributed by atoms with Gasteiger partial charge in [0.05, 0.1) is 5.56 Å². The second-order valence-corrected chi connectivity index (χ2v) is 6.37. The van der Waals surface area contributed by atoms with E-state index in [-0.39, 0.29) is 18.3 Å². The molecule has 0 saturated carbocycles. The highest BCUT2D eigenvalue weighted by Crippen LogP contribution is 2.28. The SMILES string of the molecule is CNCC1CCCN(C(=O)c2csc3ccccc23)C1.Cl. The van der Waals surface area contributed by atoms with Crippen molar-refractivity contribution >= 4 is 39.7 Å². The van der Waals surface area contributed by atoms with Gasteiger partial charge in [-0.1, -0.05) is 18.2 Å². The van der Waals surface area contributed by atoms with E-state index in [9.17, 15) is 4.79 Å². The molecule has 1 N–H and O–H groups in total. The molecule has 1 atom stereocenters. The van der Waals surface area contributed by atoms with Gasteiger partial charge < -0.3 is 10.2 Å². The van der Waals surface area contributed by atoms with Gasteiger partial charge in [-0.3, -0.25) is 4.79 Å². The molecule has 0 bridgehead atoms. The summed E-state index contributed by atoms with van der Waals surface area (Å²) in [6.07, 6.45) is 2.33. The maximum Gasteiger partial charge on any atom is 0.255 e. The molecule has 1 unspecified atom stereocenters. The van der Waals surface area contributed by atoms with Gasteiger partial charge >= 0.3 is 0 Å². The number of nitrogens with zero attached hydrogens (tertiary/aromatic N) is 1. The van der Waals surface area contributed by atoms with E-state index >= 15 is 0 Å². The minimum absolute atomic E-state index is 0. The molecule has 1 aliphatic heterocycles. The minimum Gasteiger partial charge on any atom is -0.338 e. The highest BCUT2D eigenvalue weighted by atomic mass is 35.5. The van der Waals surface area contributed by atoms with Crippen molar-refractivity contribution in [1.82, 2.24) is 10.2 Å². The van der Waals surface area contributed by atoms with E-state index in [1.165, 1.54) is 11.1 Å². The molecule has 1 aliphatic rings. The Bertz CT molecular complexity index is 611. The third kappa shape index (κ3) is 3.39. The number of benzene rings is 1. The number of hydrogen-bond donors (Lipinski definition) is 1. The fourth-order valence-corrected chi connectivity index (χ4v) is 3.95. The number of fused-ring (bicyclic) bond motifs is 1. The topological polar surface area (TPSA) is 32.3 Å². The molecular formula is C16H21ClN2OS. The molecule has 1 saturated heterocycles. The molecule has 3 nitrogen and oxygen atoms in total. The first-order valence-electron chi connectivity index (χ1n) is 7.19. The number of halogens is 1. The van der Waals surface area contributed by atoms with Crippen LogP contribution in [0.5, 0.6) is 0 Å². The molecule has 1 fully saturated rings. The van der Waals surface area contributed by atoms with E-state index in [0.29, 0.717) is 5.92 Å². The van der Waals surface area contributed by atoms with Gasteiger partial charge in [0.2, 0.25) is 0 Å². The maximum atomic E-state index is 12.7. The van der Waals surface area contributed by atoms with Crippen LogP contribution in [-0.4, -0.2) is 37.5 Å². The van der Waals surface area contributed by atoms with Crippen LogP contribution < -0.4 is 5.32 Å². The number of carbonyl (C=O) groups excluding carboxylic acids is 1. The van der Waals surface area contributed by atoms with Crippen LogP contribution in [0.2, 0.25) is 0 Å². The van der Waals surface area contributed by atoms with Crippen LogP contribution in [0.15, 0.2) is 29.6 Å². The molecule has 114 valence electrons. The molecule has 0 aliphatic carbocycles. The lowest BCUT2D eigenvalue weighted by Gasteiger charge is -2.32. The summed E-state index contributed by atoms with van der Waals surface area (Å²) in [4.78, 5) is 14.8. The fraction of sp³-hybridized carbons (Fsp3) is 0.438. The molecule has 1 amide bonds. The lowest BCUT2D eigenvalue weighted by atomic mass is 9.97. The highest BCUT2D eigenvalue weighted by Gasteiger charge is 2.25. The summed E-state index contributed by atoms with van der Waals surface area (Å²) >= 11 is 1.66. The number of nitrogens with one attached hydrogen (secondary N) is 1. The Kier molecular flexibility index (Phi) is 5.62. The van der Waals surface area contributed by atoms with Crippen LogP contribution in [-0.2, 0) is 0 Å². The summed E-state index contributed by atoms with van der Waals surface area (Å²) in [6.45, 7) is 2.77. The quantitative estimate of drug-likeness (QED) is 0.938. The van der Waals surface area contributed by atoms with E-state index in [1.54, 1.807) is 11.3 Å². The zero-order valence-electron chi connectivity index (χ0n) is 12.2. The third-order valence-corrected chi connectivity index (χ3v) is 4.97. The molecule has 1 aromatic carbocycles. The Morgan fingerprint density at radius 2 is 2.24 bits per heavy atom. The summed E-state index contributed by atoms with van der Waals surface area (Å²) < 4.78 is 1.19. The fourth-order valence-electron chi connectivity index (χ4n) is 3.02. The Morgan fingerprint density at radius 1 is 1.43 bits per heavy atom. The van der Waals surface area contributed by atoms with Crippen LogP contribution in [0.3, 0.4) is 0 Å². The molecule has 5 heteroatoms. The molecular weight excluding hydrogens is 304 g/mol. The van der Waals surface area contributed by atoms with Crippen LogP contribution in [0.25, 0.3) is 10.1 Å². The molecule has 1 aromatic heterocycles. The summed E-state index contributed by atoms with van der Waals surface area (Å²) in [5.74, 6) is 0.783. The molecule has 2 aromatic rings. The van der Waals surface area contributed by atoms with E-state index < -0.39 is 0 Å². The van der Waals surface area contributed by atoms with Crippen LogP contribution in [0, 0.1) is 5.92 Å². The second-order valence-electron chi connectivity index (χ2n) is 5.46. The van der Waals surface area contributed by atoms with Gasteiger partial charge in [-0.15, -0.1) is 23.7 Å². The van der Waals surface area contributed by atoms with Crippen molar-refractivity contribution in [3.63, 3.8) is 0 Å². The lowest BCUT2D eigenvalue weighted by Crippen LogP contribution is -2.42. The minimum atomic E-state index is 0. The van der Waals surface area contributed by atoms with E-state index in [2.05, 4.69) is 11.4 Å². The summed E-state index contributed by atoms with van der Waals surface area (Å²) in [6, 6.07) is 8.16. The maximum absolute atomic E-state index is 12.7. The molecule has 3 rings (SSSR count). The first kappa shape index (κ1) is 16.3. The van der Waals surface area contributed by atoms with Crippen molar-refractivity contribution in [3.05, 3.63) is 35.2 Å². The Labute approximate surface area is 135 Å². The van der Waals surface area contributed by atoms with Gasteiger partial charge in [0.15, 0.2) is 0 Å². The number of rotatable bonds is 3. The number of piperidine rings is 1. The smallest absolute Gasteiger partial charge is 0.255 e. The Balaban J connectivity index is 0.00000161. The molecule has 0 radical (unpaired) electrons. The Hall–Kier alpha value is -1.10. The van der Waals surface area contributed by atoms with E-state index in [1.807, 2.05) is 35.5 Å². The predicted molar refractivity (Wildman–Crippen MR) is 91.6 cm³/mol. The Morgan fingerprint density at radius 3 is 3.05 bits per heavy atom. The van der Waals surface area contributed by atoms with Gasteiger partial charge in [-0.25, -0.2) is 0 Å². The normalized spacial score (nSPS) is 18.5. The monoisotopic (exact) mass is 324 g/mol. The van der Waals surface area contributed by atoms with Crippen LogP contribution in [0.1, 0.15) is 23.2 Å². The summed E-state index contributed by atoms with van der Waals surface area (Å²) in [7, 11) is 1.98. The number of carbonyl (C=O) groups is 1. The zero-order valence-corrected chi connectivity index (χ0v) is 13.8. The van der Waals surface area contributed by atoms with Gasteiger partial charge in [-0.05, 0) is 38.4 Å². The number of hydrogen-bond acceptors (Lipinski definition) is 3. The van der Waals surface area contributed by atoms with Crippen molar-refractivity contribution in [3.8, 4) is 0 Å². The summed E-state index contributed by atoms with van der Waals surface area (Å²) in [5.41, 5.74) is 0.871. The van der Waals surface area contributed by atoms with Crippen molar-refractivity contribution in [1.29, 1.82) is 0 Å². The lowest BCUT2D eigenvalue weighted by molar-refractivity contribution is 0.0677. The van der Waals surface area contributed by atoms with Crippen molar-refractivity contribution in [2.45, 2.75) is 12.8 Å². The standard InChI is InChI=1S/C16H20N2OS.ClH/c1-17-9-12-5-4-8-18(10-12)16(19)14-11-20-15-7-3-2-6-13(14)15;/h2-3,6-7,11-12,17H,4-5,8-10H2,1H3;1H.